The molecular formula is C80H139NO3. The van der Waals surface area contributed by atoms with E-state index in [4.69, 9.17) is 0 Å². The van der Waals surface area contributed by atoms with Crippen molar-refractivity contribution in [1.29, 1.82) is 0 Å². The molecule has 0 saturated carbocycles. The molecule has 0 aliphatic rings. The summed E-state index contributed by atoms with van der Waals surface area (Å²) >= 11 is 0. The number of unbranched alkanes of at least 4 members (excludes halogenated alkanes) is 39. The predicted molar refractivity (Wildman–Crippen MR) is 377 cm³/mol. The van der Waals surface area contributed by atoms with Crippen LogP contribution >= 0.6 is 0 Å². The predicted octanol–water partition coefficient (Wildman–Crippen LogP) is 25.3. The highest BCUT2D eigenvalue weighted by Gasteiger charge is 2.18. The van der Waals surface area contributed by atoms with Gasteiger partial charge in [-0.3, -0.25) is 4.79 Å². The summed E-state index contributed by atoms with van der Waals surface area (Å²) < 4.78 is 0. The Balaban J connectivity index is 3.55. The Labute approximate surface area is 523 Å². The summed E-state index contributed by atoms with van der Waals surface area (Å²) in [6, 6.07) is -0.638. The minimum absolute atomic E-state index is 0.0737. The van der Waals surface area contributed by atoms with Gasteiger partial charge in [-0.05, 0) is 96.3 Å². The van der Waals surface area contributed by atoms with Crippen molar-refractivity contribution in [2.75, 3.05) is 6.61 Å². The van der Waals surface area contributed by atoms with Crippen molar-refractivity contribution in [2.24, 2.45) is 0 Å². The Kier molecular flexibility index (Phi) is 70.7. The summed E-state index contributed by atoms with van der Waals surface area (Å²) in [6.07, 6.45) is 114. The molecule has 0 bridgehead atoms. The molecule has 0 aromatic carbocycles. The van der Waals surface area contributed by atoms with Gasteiger partial charge in [0.05, 0.1) is 18.8 Å². The Hall–Kier alpha value is -3.47. The molecule has 0 aromatic heterocycles. The van der Waals surface area contributed by atoms with Gasteiger partial charge in [0.1, 0.15) is 0 Å². The van der Waals surface area contributed by atoms with E-state index >= 15 is 0 Å². The summed E-state index contributed by atoms with van der Waals surface area (Å²) in [5.74, 6) is -0.0737. The van der Waals surface area contributed by atoms with Gasteiger partial charge in [0.15, 0.2) is 0 Å². The van der Waals surface area contributed by atoms with Gasteiger partial charge < -0.3 is 15.5 Å². The third kappa shape index (κ3) is 69.3. The summed E-state index contributed by atoms with van der Waals surface area (Å²) in [4.78, 5) is 12.6. The van der Waals surface area contributed by atoms with Crippen LogP contribution in [-0.2, 0) is 4.79 Å². The zero-order valence-electron chi connectivity index (χ0n) is 55.6. The minimum atomic E-state index is -0.854. The molecule has 2 unspecified atom stereocenters. The maximum absolute atomic E-state index is 12.6. The molecule has 0 spiro atoms. The van der Waals surface area contributed by atoms with Crippen LogP contribution in [0.5, 0.6) is 0 Å². The second kappa shape index (κ2) is 73.8. The fourth-order valence-corrected chi connectivity index (χ4v) is 10.7. The average molecular weight is 1160 g/mol. The molecule has 4 heteroatoms. The van der Waals surface area contributed by atoms with E-state index in [0.717, 1.165) is 103 Å². The van der Waals surface area contributed by atoms with Gasteiger partial charge in [-0.2, -0.15) is 0 Å². The number of nitrogens with one attached hydrogen (secondary N) is 1. The summed E-state index contributed by atoms with van der Waals surface area (Å²) in [6.45, 7) is 4.22. The van der Waals surface area contributed by atoms with Crippen molar-refractivity contribution < 1.29 is 15.0 Å². The fraction of sp³-hybridized carbons (Fsp3) is 0.713. The molecule has 0 rings (SSSR count). The summed E-state index contributed by atoms with van der Waals surface area (Å²) in [5.41, 5.74) is 0. The second-order valence-electron chi connectivity index (χ2n) is 24.3. The number of carbonyl (C=O) groups excluding carboxylic acids is 1. The fourth-order valence-electron chi connectivity index (χ4n) is 10.7. The molecule has 0 radical (unpaired) electrons. The third-order valence-electron chi connectivity index (χ3n) is 16.1. The van der Waals surface area contributed by atoms with E-state index < -0.39 is 12.1 Å². The van der Waals surface area contributed by atoms with Gasteiger partial charge in [-0.15, -0.1) is 0 Å². The molecule has 4 nitrogen and oxygen atoms in total. The van der Waals surface area contributed by atoms with Crippen LogP contribution in [0.1, 0.15) is 348 Å². The highest BCUT2D eigenvalue weighted by Crippen LogP contribution is 2.18. The van der Waals surface area contributed by atoms with Crippen LogP contribution in [0, 0.1) is 0 Å². The molecule has 0 heterocycles. The van der Waals surface area contributed by atoms with Crippen LogP contribution in [0.4, 0.5) is 0 Å². The minimum Gasteiger partial charge on any atom is -0.394 e. The maximum atomic E-state index is 12.6. The van der Waals surface area contributed by atoms with E-state index in [-0.39, 0.29) is 12.5 Å². The molecule has 482 valence electrons. The van der Waals surface area contributed by atoms with Crippen LogP contribution in [0.2, 0.25) is 0 Å². The lowest BCUT2D eigenvalue weighted by molar-refractivity contribution is -0.123. The number of carbonyl (C=O) groups is 1. The van der Waals surface area contributed by atoms with E-state index in [1.165, 1.54) is 225 Å². The van der Waals surface area contributed by atoms with Crippen LogP contribution in [0.3, 0.4) is 0 Å². The van der Waals surface area contributed by atoms with Crippen molar-refractivity contribution in [1.82, 2.24) is 5.32 Å². The van der Waals surface area contributed by atoms with Gasteiger partial charge in [0.25, 0.3) is 0 Å². The van der Waals surface area contributed by atoms with Crippen molar-refractivity contribution in [3.63, 3.8) is 0 Å². The number of allylic oxidation sites excluding steroid dienone is 21. The zero-order valence-corrected chi connectivity index (χ0v) is 55.6. The number of aliphatic hydroxyl groups excluding tert-OH is 2. The Morgan fingerprint density at radius 2 is 0.524 bits per heavy atom. The summed E-state index contributed by atoms with van der Waals surface area (Å²) in [7, 11) is 0. The molecule has 0 aromatic rings. The number of aliphatic hydroxyl groups is 2. The lowest BCUT2D eigenvalue weighted by Gasteiger charge is -2.20. The third-order valence-corrected chi connectivity index (χ3v) is 16.1. The van der Waals surface area contributed by atoms with Crippen molar-refractivity contribution in [3.05, 3.63) is 134 Å². The molecule has 0 fully saturated rings. The highest BCUT2D eigenvalue weighted by atomic mass is 16.3. The van der Waals surface area contributed by atoms with Crippen LogP contribution < -0.4 is 5.32 Å². The van der Waals surface area contributed by atoms with Gasteiger partial charge in [-0.25, -0.2) is 0 Å². The topological polar surface area (TPSA) is 69.6 Å². The highest BCUT2D eigenvalue weighted by molar-refractivity contribution is 5.76. The van der Waals surface area contributed by atoms with Gasteiger partial charge >= 0.3 is 0 Å². The molecule has 0 aliphatic carbocycles. The molecule has 0 saturated heterocycles. The normalized spacial score (nSPS) is 13.5. The molecule has 0 aliphatic heterocycles. The largest absolute Gasteiger partial charge is 0.394 e. The number of rotatable bonds is 66. The Bertz CT molecular complexity index is 1650. The summed E-state index contributed by atoms with van der Waals surface area (Å²) in [5, 5.41) is 23.3. The van der Waals surface area contributed by atoms with Crippen LogP contribution in [0.25, 0.3) is 0 Å². The smallest absolute Gasteiger partial charge is 0.220 e. The Morgan fingerprint density at radius 1 is 0.298 bits per heavy atom. The monoisotopic (exact) mass is 1160 g/mol. The van der Waals surface area contributed by atoms with Crippen molar-refractivity contribution >= 4 is 5.91 Å². The number of hydrogen-bond donors (Lipinski definition) is 3. The van der Waals surface area contributed by atoms with E-state index in [1.807, 2.05) is 6.08 Å². The Morgan fingerprint density at radius 3 is 0.786 bits per heavy atom. The quantitative estimate of drug-likeness (QED) is 0.0420. The maximum Gasteiger partial charge on any atom is 0.220 e. The lowest BCUT2D eigenvalue weighted by atomic mass is 10.0. The number of hydrogen-bond acceptors (Lipinski definition) is 3. The van der Waals surface area contributed by atoms with E-state index in [2.05, 4.69) is 141 Å². The van der Waals surface area contributed by atoms with E-state index in [0.29, 0.717) is 6.42 Å². The first kappa shape index (κ1) is 80.5. The molecular weight excluding hydrogens is 1020 g/mol. The molecule has 2 atom stereocenters. The molecule has 84 heavy (non-hydrogen) atoms. The number of amides is 1. The molecule has 3 N–H and O–H groups in total. The van der Waals surface area contributed by atoms with E-state index in [9.17, 15) is 15.0 Å². The van der Waals surface area contributed by atoms with Gasteiger partial charge in [0, 0.05) is 6.42 Å². The van der Waals surface area contributed by atoms with E-state index in [1.54, 1.807) is 6.08 Å². The standard InChI is InChI=1S/C80H139NO3/c1-3-5-7-9-11-13-15-17-19-21-23-25-27-29-31-33-35-37-38-39-40-41-42-44-46-48-50-52-54-56-58-60-62-64-66-68-70-72-74-76-80(84)81-78(77-82)79(83)75-73-71-69-67-65-63-61-59-57-55-53-51-49-47-45-43-36-34-32-30-28-26-24-22-20-18-16-14-12-10-8-6-4-2/h5,7,11,13,17,19,23,25,29,31,35,37,39-40,42,44,48,50,54,56,73,75,78-79,82-83H,3-4,6,8-10,12,14-16,18,20-22,24,26-28,30,32-34,36,38,41,43,45-47,49,51-53,55,57-72,74,76-77H2,1-2H3,(H,81,84)/b7-5-,13-11-,19-17-,25-23-,31-29-,37-35-,40-39-,44-42-,50-48-,56-54-,75-73+. The first-order valence-corrected chi connectivity index (χ1v) is 36.4. The van der Waals surface area contributed by atoms with Crippen LogP contribution in [0.15, 0.2) is 134 Å². The van der Waals surface area contributed by atoms with Crippen LogP contribution in [-0.4, -0.2) is 34.9 Å². The first-order valence-electron chi connectivity index (χ1n) is 36.4. The van der Waals surface area contributed by atoms with Crippen molar-refractivity contribution in [3.8, 4) is 0 Å². The van der Waals surface area contributed by atoms with Gasteiger partial charge in [-0.1, -0.05) is 379 Å². The molecule has 1 amide bonds. The average Bonchev–Trinajstić information content (AvgIpc) is 3.51. The lowest BCUT2D eigenvalue weighted by Crippen LogP contribution is -2.45. The van der Waals surface area contributed by atoms with Gasteiger partial charge in [0.2, 0.25) is 5.91 Å². The second-order valence-corrected chi connectivity index (χ2v) is 24.3. The first-order chi connectivity index (χ1) is 41.7. The zero-order chi connectivity index (χ0) is 60.5. The van der Waals surface area contributed by atoms with Crippen molar-refractivity contribution in [2.45, 2.75) is 360 Å². The SMILES string of the molecule is CC/C=C\C/C=C\C/C=C\C/C=C\C/C=C\C/C=C\C/C=C\C/C=C\C/C=C\C/C=C\CCCCCCCCCCC(=O)NC(CO)C(O)/C=C/CCCCCCCCCCCCCCCCCCCCCCCCCCCCCCCCC.